The number of carbonyl (C=O) groups excluding carboxylic acids is 1. The van der Waals surface area contributed by atoms with Gasteiger partial charge in [0.2, 0.25) is 0 Å². The third-order valence-corrected chi connectivity index (χ3v) is 6.43. The highest BCUT2D eigenvalue weighted by Crippen LogP contribution is 2.41. The van der Waals surface area contributed by atoms with Crippen LogP contribution in [0.2, 0.25) is 5.02 Å². The SMILES string of the molecule is CCOC(=O)N(c1ccccc1Cl)c1c(-c2ccc(-c3ccc(C(CC)C(=O)O)cc3)cc2)noc1C. The minimum absolute atomic E-state index is 0.193. The number of aryl methyl sites for hydroxylation is 1. The number of halogens is 1. The summed E-state index contributed by atoms with van der Waals surface area (Å²) in [5.74, 6) is -0.913. The van der Waals surface area contributed by atoms with Crippen LogP contribution in [0.5, 0.6) is 0 Å². The van der Waals surface area contributed by atoms with Gasteiger partial charge in [0.1, 0.15) is 11.4 Å². The van der Waals surface area contributed by atoms with E-state index in [-0.39, 0.29) is 6.61 Å². The molecule has 0 saturated carbocycles. The van der Waals surface area contributed by atoms with Crippen molar-refractivity contribution in [2.75, 3.05) is 11.5 Å². The first-order chi connectivity index (χ1) is 17.8. The van der Waals surface area contributed by atoms with Gasteiger partial charge < -0.3 is 14.4 Å². The van der Waals surface area contributed by atoms with Gasteiger partial charge in [0.25, 0.3) is 0 Å². The number of hydrogen-bond donors (Lipinski definition) is 1. The van der Waals surface area contributed by atoms with Crippen LogP contribution in [-0.2, 0) is 9.53 Å². The van der Waals surface area contributed by atoms with Gasteiger partial charge in [-0.05, 0) is 49.1 Å². The van der Waals surface area contributed by atoms with E-state index in [0.29, 0.717) is 34.3 Å². The number of aliphatic carboxylic acids is 1. The Labute approximate surface area is 220 Å². The highest BCUT2D eigenvalue weighted by atomic mass is 35.5. The summed E-state index contributed by atoms with van der Waals surface area (Å²) < 4.78 is 10.8. The summed E-state index contributed by atoms with van der Waals surface area (Å²) in [6, 6.07) is 22.2. The molecular weight excluding hydrogens is 492 g/mol. The van der Waals surface area contributed by atoms with Gasteiger partial charge in [0, 0.05) is 5.56 Å². The number of rotatable bonds is 8. The summed E-state index contributed by atoms with van der Waals surface area (Å²) >= 11 is 6.44. The summed E-state index contributed by atoms with van der Waals surface area (Å²) in [7, 11) is 0. The summed E-state index contributed by atoms with van der Waals surface area (Å²) in [5.41, 5.74) is 4.80. The minimum Gasteiger partial charge on any atom is -0.481 e. The van der Waals surface area contributed by atoms with Crippen LogP contribution in [0.3, 0.4) is 0 Å². The minimum atomic E-state index is -0.827. The largest absolute Gasteiger partial charge is 0.481 e. The van der Waals surface area contributed by atoms with Crippen molar-refractivity contribution in [3.63, 3.8) is 0 Å². The first-order valence-corrected chi connectivity index (χ1v) is 12.3. The Kier molecular flexibility index (Phi) is 7.94. The lowest BCUT2D eigenvalue weighted by molar-refractivity contribution is -0.138. The summed E-state index contributed by atoms with van der Waals surface area (Å²) in [5, 5.41) is 14.0. The van der Waals surface area contributed by atoms with Gasteiger partial charge in [0.15, 0.2) is 5.76 Å². The number of ether oxygens (including phenoxy) is 1. The molecule has 1 aromatic heterocycles. The lowest BCUT2D eigenvalue weighted by Crippen LogP contribution is -2.27. The number of benzene rings is 3. The Balaban J connectivity index is 1.70. The van der Waals surface area contributed by atoms with E-state index in [2.05, 4.69) is 5.16 Å². The maximum atomic E-state index is 13.0. The second-order valence-corrected chi connectivity index (χ2v) is 8.83. The van der Waals surface area contributed by atoms with E-state index in [9.17, 15) is 14.7 Å². The molecule has 0 radical (unpaired) electrons. The zero-order chi connectivity index (χ0) is 26.5. The van der Waals surface area contributed by atoms with Gasteiger partial charge in [-0.1, -0.05) is 84.3 Å². The maximum absolute atomic E-state index is 13.0. The summed E-state index contributed by atoms with van der Waals surface area (Å²) in [6.45, 7) is 5.52. The number of anilines is 2. The number of nitrogens with zero attached hydrogens (tertiary/aromatic N) is 2. The number of hydrogen-bond acceptors (Lipinski definition) is 5. The van der Waals surface area contributed by atoms with Gasteiger partial charge in [-0.3, -0.25) is 4.79 Å². The zero-order valence-corrected chi connectivity index (χ0v) is 21.5. The third-order valence-electron chi connectivity index (χ3n) is 6.11. The molecule has 7 nitrogen and oxygen atoms in total. The van der Waals surface area contributed by atoms with Crippen molar-refractivity contribution in [1.29, 1.82) is 0 Å². The number of carboxylic acids is 1. The molecule has 4 rings (SSSR count). The van der Waals surface area contributed by atoms with Crippen molar-refractivity contribution >= 4 is 35.0 Å². The van der Waals surface area contributed by atoms with Crippen LogP contribution in [0.1, 0.15) is 37.5 Å². The molecule has 0 bridgehead atoms. The molecule has 0 saturated heterocycles. The monoisotopic (exact) mass is 518 g/mol. The molecule has 1 unspecified atom stereocenters. The Morgan fingerprint density at radius 3 is 2.14 bits per heavy atom. The molecule has 37 heavy (non-hydrogen) atoms. The quantitative estimate of drug-likeness (QED) is 0.255. The maximum Gasteiger partial charge on any atom is 0.419 e. The molecule has 0 fully saturated rings. The van der Waals surface area contributed by atoms with Crippen LogP contribution >= 0.6 is 11.6 Å². The molecule has 190 valence electrons. The average molecular weight is 519 g/mol. The van der Waals surface area contributed by atoms with Crippen LogP contribution in [0.15, 0.2) is 77.3 Å². The molecule has 0 aliphatic carbocycles. The topological polar surface area (TPSA) is 92.9 Å². The van der Waals surface area contributed by atoms with E-state index in [1.54, 1.807) is 38.1 Å². The lowest BCUT2D eigenvalue weighted by atomic mass is 9.94. The van der Waals surface area contributed by atoms with E-state index in [0.717, 1.165) is 22.3 Å². The number of aromatic nitrogens is 1. The Hall–Kier alpha value is -4.10. The predicted octanol–water partition coefficient (Wildman–Crippen LogP) is 7.84. The summed E-state index contributed by atoms with van der Waals surface area (Å²) in [4.78, 5) is 25.9. The van der Waals surface area contributed by atoms with Crippen LogP contribution in [0.25, 0.3) is 22.4 Å². The Morgan fingerprint density at radius 2 is 1.57 bits per heavy atom. The smallest absolute Gasteiger partial charge is 0.419 e. The second-order valence-electron chi connectivity index (χ2n) is 8.42. The number of carboxylic acid groups (broad SMARTS) is 1. The van der Waals surface area contributed by atoms with Crippen molar-refractivity contribution in [2.45, 2.75) is 33.1 Å². The normalized spacial score (nSPS) is 11.7. The van der Waals surface area contributed by atoms with E-state index in [1.165, 1.54) is 4.90 Å². The van der Waals surface area contributed by atoms with Crippen LogP contribution in [0.4, 0.5) is 16.2 Å². The molecule has 1 amide bonds. The molecular formula is C29H27ClN2O5. The third kappa shape index (κ3) is 5.37. The molecule has 0 aliphatic rings. The Bertz CT molecular complexity index is 1400. The van der Waals surface area contributed by atoms with Gasteiger partial charge in [0.05, 0.1) is 23.2 Å². The number of para-hydroxylation sites is 1. The van der Waals surface area contributed by atoms with Crippen molar-refractivity contribution in [3.05, 3.63) is 89.1 Å². The predicted molar refractivity (Wildman–Crippen MR) is 143 cm³/mol. The van der Waals surface area contributed by atoms with Crippen molar-refractivity contribution in [2.24, 2.45) is 0 Å². The first-order valence-electron chi connectivity index (χ1n) is 12.0. The van der Waals surface area contributed by atoms with Crippen LogP contribution in [-0.4, -0.2) is 28.9 Å². The highest BCUT2D eigenvalue weighted by molar-refractivity contribution is 6.34. The first kappa shape index (κ1) is 26.0. The molecule has 1 heterocycles. The number of amides is 1. The fourth-order valence-electron chi connectivity index (χ4n) is 4.23. The average Bonchev–Trinajstić information content (AvgIpc) is 3.27. The molecule has 0 aliphatic heterocycles. The van der Waals surface area contributed by atoms with Gasteiger partial charge in [-0.25, -0.2) is 9.69 Å². The van der Waals surface area contributed by atoms with Gasteiger partial charge in [-0.2, -0.15) is 0 Å². The highest BCUT2D eigenvalue weighted by Gasteiger charge is 2.29. The van der Waals surface area contributed by atoms with Crippen molar-refractivity contribution in [3.8, 4) is 22.4 Å². The molecule has 1 atom stereocenters. The lowest BCUT2D eigenvalue weighted by Gasteiger charge is -2.23. The molecule has 0 spiro atoms. The fraction of sp³-hybridized carbons (Fsp3) is 0.207. The zero-order valence-electron chi connectivity index (χ0n) is 20.8. The second kappa shape index (κ2) is 11.3. The van der Waals surface area contributed by atoms with E-state index >= 15 is 0 Å². The molecule has 1 N–H and O–H groups in total. The van der Waals surface area contributed by atoms with E-state index < -0.39 is 18.0 Å². The van der Waals surface area contributed by atoms with Gasteiger partial charge >= 0.3 is 12.1 Å². The summed E-state index contributed by atoms with van der Waals surface area (Å²) in [6.07, 6.45) is -0.0635. The van der Waals surface area contributed by atoms with E-state index in [4.69, 9.17) is 20.9 Å². The van der Waals surface area contributed by atoms with E-state index in [1.807, 2.05) is 55.5 Å². The molecule has 4 aromatic rings. The molecule has 8 heteroatoms. The Morgan fingerprint density at radius 1 is 0.973 bits per heavy atom. The number of carbonyl (C=O) groups is 2. The van der Waals surface area contributed by atoms with Gasteiger partial charge in [-0.15, -0.1) is 0 Å². The van der Waals surface area contributed by atoms with Crippen molar-refractivity contribution in [1.82, 2.24) is 5.16 Å². The standard InChI is InChI=1S/C29H27ClN2O5/c1-4-23(28(33)34)21-14-10-19(11-15-21)20-12-16-22(17-13-20)26-27(18(3)37-31-26)32(29(35)36-5-2)25-9-7-6-8-24(25)30/h6-17,23H,4-5H2,1-3H3,(H,33,34). The van der Waals surface area contributed by atoms with Crippen molar-refractivity contribution < 1.29 is 24.0 Å². The van der Waals surface area contributed by atoms with Crippen LogP contribution in [0, 0.1) is 6.92 Å². The molecule has 3 aromatic carbocycles. The van der Waals surface area contributed by atoms with Crippen LogP contribution < -0.4 is 4.90 Å². The fourth-order valence-corrected chi connectivity index (χ4v) is 4.45.